The number of nitrogens with one attached hydrogen (secondary N) is 1. The first-order valence-electron chi connectivity index (χ1n) is 6.41. The summed E-state index contributed by atoms with van der Waals surface area (Å²) in [5, 5.41) is 14.5. The number of para-hydroxylation sites is 2. The monoisotopic (exact) mass is 296 g/mol. The number of aromatic nitrogens is 5. The van der Waals surface area contributed by atoms with Crippen molar-refractivity contribution < 1.29 is 9.53 Å². The minimum absolute atomic E-state index is 0.190. The lowest BCUT2D eigenvalue weighted by Crippen LogP contribution is -2.15. The van der Waals surface area contributed by atoms with Crippen LogP contribution in [0.4, 0.5) is 5.69 Å². The Morgan fingerprint density at radius 1 is 1.18 bits per heavy atom. The van der Waals surface area contributed by atoms with Crippen molar-refractivity contribution in [3.8, 4) is 11.6 Å². The number of hydrogen-bond donors (Lipinski definition) is 1. The van der Waals surface area contributed by atoms with E-state index in [4.69, 9.17) is 4.74 Å². The lowest BCUT2D eigenvalue weighted by atomic mass is 10.2. The normalized spacial score (nSPS) is 10.2. The SMILES string of the molecule is COc1ccccc1NC(=O)c1ccc(-n2cncn2)nn1. The molecule has 0 radical (unpaired) electrons. The van der Waals surface area contributed by atoms with Crippen LogP contribution in [0.15, 0.2) is 49.1 Å². The van der Waals surface area contributed by atoms with Crippen LogP contribution in [-0.2, 0) is 0 Å². The third-order valence-corrected chi connectivity index (χ3v) is 2.89. The Hall–Kier alpha value is -3.29. The standard InChI is InChI=1S/C14H12N6O2/c1-22-12-5-3-2-4-10(12)17-14(21)11-6-7-13(19-18-11)20-9-15-8-16-20/h2-9H,1H3,(H,17,21). The molecule has 2 aromatic heterocycles. The molecule has 8 heteroatoms. The van der Waals surface area contributed by atoms with Gasteiger partial charge in [0.25, 0.3) is 5.91 Å². The van der Waals surface area contributed by atoms with Crippen molar-refractivity contribution >= 4 is 11.6 Å². The molecule has 1 aromatic carbocycles. The predicted molar refractivity (Wildman–Crippen MR) is 77.9 cm³/mol. The van der Waals surface area contributed by atoms with E-state index in [0.717, 1.165) is 0 Å². The average molecular weight is 296 g/mol. The molecule has 0 saturated carbocycles. The van der Waals surface area contributed by atoms with Gasteiger partial charge in [-0.05, 0) is 24.3 Å². The van der Waals surface area contributed by atoms with Gasteiger partial charge in [-0.2, -0.15) is 5.10 Å². The van der Waals surface area contributed by atoms with Gasteiger partial charge in [0.1, 0.15) is 18.4 Å². The maximum absolute atomic E-state index is 12.2. The van der Waals surface area contributed by atoms with Crippen molar-refractivity contribution in [1.82, 2.24) is 25.0 Å². The third kappa shape index (κ3) is 2.75. The van der Waals surface area contributed by atoms with E-state index in [-0.39, 0.29) is 11.6 Å². The molecule has 0 saturated heterocycles. The van der Waals surface area contributed by atoms with Gasteiger partial charge in [-0.25, -0.2) is 9.67 Å². The highest BCUT2D eigenvalue weighted by Gasteiger charge is 2.11. The first-order chi connectivity index (χ1) is 10.8. The van der Waals surface area contributed by atoms with Gasteiger partial charge in [0.15, 0.2) is 11.5 Å². The van der Waals surface area contributed by atoms with Crippen molar-refractivity contribution in [3.05, 3.63) is 54.7 Å². The van der Waals surface area contributed by atoms with Crippen molar-refractivity contribution in [2.24, 2.45) is 0 Å². The van der Waals surface area contributed by atoms with Gasteiger partial charge >= 0.3 is 0 Å². The van der Waals surface area contributed by atoms with Gasteiger partial charge in [0.2, 0.25) is 0 Å². The molecule has 2 heterocycles. The molecule has 0 aliphatic rings. The second-order valence-corrected chi connectivity index (χ2v) is 4.27. The molecule has 0 unspecified atom stereocenters. The molecule has 0 aliphatic heterocycles. The van der Waals surface area contributed by atoms with Crippen LogP contribution in [0.2, 0.25) is 0 Å². The van der Waals surface area contributed by atoms with E-state index in [0.29, 0.717) is 17.3 Å². The lowest BCUT2D eigenvalue weighted by molar-refractivity contribution is 0.102. The van der Waals surface area contributed by atoms with E-state index < -0.39 is 0 Å². The van der Waals surface area contributed by atoms with E-state index >= 15 is 0 Å². The molecule has 0 bridgehead atoms. The zero-order chi connectivity index (χ0) is 15.4. The first-order valence-corrected chi connectivity index (χ1v) is 6.41. The van der Waals surface area contributed by atoms with E-state index in [9.17, 15) is 4.79 Å². The van der Waals surface area contributed by atoms with Crippen LogP contribution in [0.25, 0.3) is 5.82 Å². The Morgan fingerprint density at radius 2 is 2.05 bits per heavy atom. The van der Waals surface area contributed by atoms with Gasteiger partial charge < -0.3 is 10.1 Å². The Kier molecular flexibility index (Phi) is 3.73. The molecule has 1 amide bonds. The van der Waals surface area contributed by atoms with E-state index in [1.807, 2.05) is 6.07 Å². The van der Waals surface area contributed by atoms with Gasteiger partial charge in [0, 0.05) is 0 Å². The molecule has 0 fully saturated rings. The summed E-state index contributed by atoms with van der Waals surface area (Å²) in [7, 11) is 1.54. The van der Waals surface area contributed by atoms with Crippen molar-refractivity contribution in [2.75, 3.05) is 12.4 Å². The van der Waals surface area contributed by atoms with E-state index in [2.05, 4.69) is 25.6 Å². The zero-order valence-corrected chi connectivity index (χ0v) is 11.7. The van der Waals surface area contributed by atoms with Gasteiger partial charge in [-0.1, -0.05) is 12.1 Å². The fraction of sp³-hybridized carbons (Fsp3) is 0.0714. The Balaban J connectivity index is 1.78. The molecular formula is C14H12N6O2. The number of methoxy groups -OCH3 is 1. The number of rotatable bonds is 4. The number of nitrogens with zero attached hydrogens (tertiary/aromatic N) is 5. The highest BCUT2D eigenvalue weighted by Crippen LogP contribution is 2.23. The lowest BCUT2D eigenvalue weighted by Gasteiger charge is -2.09. The molecule has 3 aromatic rings. The van der Waals surface area contributed by atoms with Crippen LogP contribution in [0, 0.1) is 0 Å². The number of anilines is 1. The predicted octanol–water partition coefficient (Wildman–Crippen LogP) is 1.32. The molecule has 0 aliphatic carbocycles. The number of ether oxygens (including phenoxy) is 1. The van der Waals surface area contributed by atoms with Crippen LogP contribution in [0.5, 0.6) is 5.75 Å². The second kappa shape index (κ2) is 6.00. The van der Waals surface area contributed by atoms with Crippen LogP contribution < -0.4 is 10.1 Å². The summed E-state index contributed by atoms with van der Waals surface area (Å²) in [6, 6.07) is 10.3. The van der Waals surface area contributed by atoms with Crippen LogP contribution in [-0.4, -0.2) is 38.0 Å². The quantitative estimate of drug-likeness (QED) is 0.780. The Morgan fingerprint density at radius 3 is 2.73 bits per heavy atom. The topological polar surface area (TPSA) is 94.8 Å². The van der Waals surface area contributed by atoms with Gasteiger partial charge in [-0.15, -0.1) is 10.2 Å². The maximum Gasteiger partial charge on any atom is 0.276 e. The van der Waals surface area contributed by atoms with Gasteiger partial charge in [-0.3, -0.25) is 4.79 Å². The van der Waals surface area contributed by atoms with E-state index in [1.54, 1.807) is 30.3 Å². The summed E-state index contributed by atoms with van der Waals surface area (Å²) in [4.78, 5) is 16.0. The second-order valence-electron chi connectivity index (χ2n) is 4.27. The van der Waals surface area contributed by atoms with Crippen molar-refractivity contribution in [2.45, 2.75) is 0 Å². The summed E-state index contributed by atoms with van der Waals surface area (Å²) in [6.07, 6.45) is 2.89. The summed E-state index contributed by atoms with van der Waals surface area (Å²) in [6.45, 7) is 0. The molecule has 8 nitrogen and oxygen atoms in total. The minimum atomic E-state index is -0.373. The number of benzene rings is 1. The fourth-order valence-corrected chi connectivity index (χ4v) is 1.83. The molecule has 3 rings (SSSR count). The third-order valence-electron chi connectivity index (χ3n) is 2.89. The van der Waals surface area contributed by atoms with E-state index in [1.165, 1.54) is 24.4 Å². The smallest absolute Gasteiger partial charge is 0.276 e. The summed E-state index contributed by atoms with van der Waals surface area (Å²) in [5.41, 5.74) is 0.756. The highest BCUT2D eigenvalue weighted by molar-refractivity contribution is 6.03. The summed E-state index contributed by atoms with van der Waals surface area (Å²) >= 11 is 0. The molecular weight excluding hydrogens is 284 g/mol. The zero-order valence-electron chi connectivity index (χ0n) is 11.7. The fourth-order valence-electron chi connectivity index (χ4n) is 1.83. The number of carbonyl (C=O) groups is 1. The molecule has 0 spiro atoms. The Labute approximate surface area is 125 Å². The number of amides is 1. The Bertz CT molecular complexity index is 770. The molecule has 22 heavy (non-hydrogen) atoms. The van der Waals surface area contributed by atoms with Crippen molar-refractivity contribution in [3.63, 3.8) is 0 Å². The highest BCUT2D eigenvalue weighted by atomic mass is 16.5. The van der Waals surface area contributed by atoms with Crippen LogP contribution in [0.1, 0.15) is 10.5 Å². The number of carbonyl (C=O) groups excluding carboxylic acids is 1. The first kappa shape index (κ1) is 13.7. The average Bonchev–Trinajstić information content (AvgIpc) is 3.10. The number of hydrogen-bond acceptors (Lipinski definition) is 6. The molecule has 0 atom stereocenters. The summed E-state index contributed by atoms with van der Waals surface area (Å²) in [5.74, 6) is 0.677. The van der Waals surface area contributed by atoms with Crippen LogP contribution >= 0.6 is 0 Å². The summed E-state index contributed by atoms with van der Waals surface area (Å²) < 4.78 is 6.63. The van der Waals surface area contributed by atoms with Crippen LogP contribution in [0.3, 0.4) is 0 Å². The van der Waals surface area contributed by atoms with Crippen molar-refractivity contribution in [1.29, 1.82) is 0 Å². The largest absolute Gasteiger partial charge is 0.495 e. The molecule has 110 valence electrons. The maximum atomic E-state index is 12.2. The van der Waals surface area contributed by atoms with Gasteiger partial charge in [0.05, 0.1) is 12.8 Å². The molecule has 1 N–H and O–H groups in total. The minimum Gasteiger partial charge on any atom is -0.495 e.